The maximum atomic E-state index is 12.3. The first-order chi connectivity index (χ1) is 14.1. The Balaban J connectivity index is 1.55. The summed E-state index contributed by atoms with van der Waals surface area (Å²) in [5, 5.41) is 7.23. The van der Waals surface area contributed by atoms with E-state index in [1.165, 1.54) is 17.2 Å². The minimum absolute atomic E-state index is 0.0908. The molecule has 0 radical (unpaired) electrons. The molecule has 156 valence electrons. The van der Waals surface area contributed by atoms with Crippen molar-refractivity contribution in [3.05, 3.63) is 46.2 Å². The lowest BCUT2D eigenvalue weighted by Crippen LogP contribution is -2.36. The Morgan fingerprint density at radius 2 is 1.83 bits per heavy atom. The molecule has 8 nitrogen and oxygen atoms in total. The molecule has 8 heteroatoms. The predicted octanol–water partition coefficient (Wildman–Crippen LogP) is 1.61. The van der Waals surface area contributed by atoms with Gasteiger partial charge in [-0.15, -0.1) is 0 Å². The molecule has 29 heavy (non-hydrogen) atoms. The van der Waals surface area contributed by atoms with E-state index < -0.39 is 0 Å². The van der Waals surface area contributed by atoms with Gasteiger partial charge in [0, 0.05) is 25.7 Å². The van der Waals surface area contributed by atoms with Crippen molar-refractivity contribution in [3.63, 3.8) is 0 Å². The zero-order valence-corrected chi connectivity index (χ0v) is 17.0. The third-order valence-electron chi connectivity index (χ3n) is 5.01. The number of hydrogen-bond donors (Lipinski definition) is 1. The first-order valence-electron chi connectivity index (χ1n) is 9.91. The summed E-state index contributed by atoms with van der Waals surface area (Å²) in [6.45, 7) is 2.23. The molecule has 2 aromatic rings. The normalized spacial score (nSPS) is 13.8. The number of piperidine rings is 1. The third kappa shape index (κ3) is 5.49. The lowest BCUT2D eigenvalue weighted by atomic mass is 10.1. The van der Waals surface area contributed by atoms with Crippen molar-refractivity contribution in [3.8, 4) is 11.5 Å². The molecule has 1 aliphatic heterocycles. The van der Waals surface area contributed by atoms with Crippen molar-refractivity contribution in [2.45, 2.75) is 32.2 Å². The van der Waals surface area contributed by atoms with Crippen LogP contribution in [0.25, 0.3) is 0 Å². The number of ether oxygens (including phenoxy) is 2. The van der Waals surface area contributed by atoms with Crippen molar-refractivity contribution >= 4 is 11.7 Å². The Morgan fingerprint density at radius 1 is 1.07 bits per heavy atom. The zero-order chi connectivity index (χ0) is 20.6. The van der Waals surface area contributed by atoms with Crippen LogP contribution in [0.3, 0.4) is 0 Å². The van der Waals surface area contributed by atoms with Gasteiger partial charge in [0.15, 0.2) is 11.5 Å². The summed E-state index contributed by atoms with van der Waals surface area (Å²) >= 11 is 0. The highest BCUT2D eigenvalue weighted by atomic mass is 16.5. The molecule has 1 amide bonds. The number of aromatic nitrogens is 2. The maximum absolute atomic E-state index is 12.3. The van der Waals surface area contributed by atoms with Crippen LogP contribution in [0.5, 0.6) is 11.5 Å². The molecule has 0 spiro atoms. The van der Waals surface area contributed by atoms with E-state index in [1.54, 1.807) is 20.3 Å². The van der Waals surface area contributed by atoms with Gasteiger partial charge in [0.2, 0.25) is 5.91 Å². The first kappa shape index (κ1) is 20.7. The van der Waals surface area contributed by atoms with E-state index in [0.29, 0.717) is 24.5 Å². The van der Waals surface area contributed by atoms with E-state index in [2.05, 4.69) is 15.3 Å². The van der Waals surface area contributed by atoms with E-state index in [-0.39, 0.29) is 18.0 Å². The molecule has 0 saturated carbocycles. The fraction of sp³-hybridized carbons (Fsp3) is 0.476. The van der Waals surface area contributed by atoms with Crippen molar-refractivity contribution in [2.75, 3.05) is 38.8 Å². The van der Waals surface area contributed by atoms with Gasteiger partial charge >= 0.3 is 0 Å². The van der Waals surface area contributed by atoms with Gasteiger partial charge in [0.1, 0.15) is 12.4 Å². The molecule has 1 aromatic heterocycles. The molecule has 0 atom stereocenters. The number of nitrogens with one attached hydrogen (secondary N) is 1. The summed E-state index contributed by atoms with van der Waals surface area (Å²) in [5.41, 5.74) is 0.742. The molecule has 3 rings (SSSR count). The van der Waals surface area contributed by atoms with Crippen LogP contribution in [0, 0.1) is 0 Å². The lowest BCUT2D eigenvalue weighted by molar-refractivity contribution is -0.121. The first-order valence-corrected chi connectivity index (χ1v) is 9.91. The van der Waals surface area contributed by atoms with Crippen LogP contribution in [0.15, 0.2) is 35.1 Å². The minimum Gasteiger partial charge on any atom is -0.493 e. The molecule has 1 saturated heterocycles. The van der Waals surface area contributed by atoms with Gasteiger partial charge in [0.05, 0.1) is 14.2 Å². The van der Waals surface area contributed by atoms with E-state index >= 15 is 0 Å². The summed E-state index contributed by atoms with van der Waals surface area (Å²) in [5.74, 6) is 1.83. The van der Waals surface area contributed by atoms with Crippen molar-refractivity contribution in [1.82, 2.24) is 15.1 Å². The minimum atomic E-state index is -0.277. The second-order valence-corrected chi connectivity index (χ2v) is 7.02. The van der Waals surface area contributed by atoms with E-state index in [0.717, 1.165) is 37.3 Å². The summed E-state index contributed by atoms with van der Waals surface area (Å²) in [4.78, 5) is 26.6. The van der Waals surface area contributed by atoms with Gasteiger partial charge in [-0.25, -0.2) is 4.68 Å². The number of hydrogen-bond acceptors (Lipinski definition) is 6. The van der Waals surface area contributed by atoms with E-state index in [1.807, 2.05) is 18.2 Å². The third-order valence-corrected chi connectivity index (χ3v) is 5.01. The quantitative estimate of drug-likeness (QED) is 0.725. The molecule has 0 unspecified atom stereocenters. The zero-order valence-electron chi connectivity index (χ0n) is 17.0. The van der Waals surface area contributed by atoms with Crippen LogP contribution in [-0.4, -0.2) is 49.5 Å². The number of anilines is 1. The molecule has 1 aliphatic rings. The highest BCUT2D eigenvalue weighted by Crippen LogP contribution is 2.27. The van der Waals surface area contributed by atoms with Crippen LogP contribution in [0.1, 0.15) is 24.8 Å². The number of amides is 1. The average Bonchev–Trinajstić information content (AvgIpc) is 2.75. The van der Waals surface area contributed by atoms with Gasteiger partial charge < -0.3 is 19.7 Å². The molecule has 0 bridgehead atoms. The van der Waals surface area contributed by atoms with Gasteiger partial charge in [-0.05, 0) is 49.4 Å². The predicted molar refractivity (Wildman–Crippen MR) is 111 cm³/mol. The van der Waals surface area contributed by atoms with Gasteiger partial charge in [-0.2, -0.15) is 5.10 Å². The molecular formula is C21H28N4O4. The largest absolute Gasteiger partial charge is 0.493 e. The fourth-order valence-corrected chi connectivity index (χ4v) is 3.42. The number of carbonyl (C=O) groups is 1. The second-order valence-electron chi connectivity index (χ2n) is 7.02. The number of methoxy groups -OCH3 is 2. The van der Waals surface area contributed by atoms with E-state index in [4.69, 9.17) is 9.47 Å². The SMILES string of the molecule is COc1ccc(CCNC(=O)Cn2nc(N3CCCCC3)ccc2=O)cc1OC. The number of rotatable bonds is 8. The highest BCUT2D eigenvalue weighted by Gasteiger charge is 2.14. The number of carbonyl (C=O) groups excluding carboxylic acids is 1. The smallest absolute Gasteiger partial charge is 0.267 e. The Hall–Kier alpha value is -3.03. The molecule has 1 N–H and O–H groups in total. The highest BCUT2D eigenvalue weighted by molar-refractivity contribution is 5.75. The Kier molecular flexibility index (Phi) is 7.10. The maximum Gasteiger partial charge on any atom is 0.267 e. The Morgan fingerprint density at radius 3 is 2.55 bits per heavy atom. The molecule has 0 aliphatic carbocycles. The summed E-state index contributed by atoms with van der Waals surface area (Å²) in [6, 6.07) is 8.87. The van der Waals surface area contributed by atoms with Crippen LogP contribution in [0.4, 0.5) is 5.82 Å². The van der Waals surface area contributed by atoms with Crippen LogP contribution in [0.2, 0.25) is 0 Å². The van der Waals surface area contributed by atoms with Gasteiger partial charge in [-0.3, -0.25) is 9.59 Å². The second kappa shape index (κ2) is 9.95. The lowest BCUT2D eigenvalue weighted by Gasteiger charge is -2.27. The van der Waals surface area contributed by atoms with Crippen LogP contribution in [-0.2, 0) is 17.8 Å². The van der Waals surface area contributed by atoms with Crippen molar-refractivity contribution in [2.24, 2.45) is 0 Å². The summed E-state index contributed by atoms with van der Waals surface area (Å²) in [7, 11) is 3.18. The average molecular weight is 400 g/mol. The number of benzene rings is 1. The van der Waals surface area contributed by atoms with Crippen LogP contribution < -0.4 is 25.2 Å². The van der Waals surface area contributed by atoms with Crippen molar-refractivity contribution in [1.29, 1.82) is 0 Å². The standard InChI is InChI=1S/C21H28N4O4/c1-28-17-7-6-16(14-18(17)29-2)10-11-22-20(26)15-25-21(27)9-8-19(23-25)24-12-4-3-5-13-24/h6-9,14H,3-5,10-13,15H2,1-2H3,(H,22,26). The summed E-state index contributed by atoms with van der Waals surface area (Å²) in [6.07, 6.45) is 4.11. The monoisotopic (exact) mass is 400 g/mol. The van der Waals surface area contributed by atoms with Gasteiger partial charge in [0.25, 0.3) is 5.56 Å². The Bertz CT molecular complexity index is 890. The van der Waals surface area contributed by atoms with Crippen molar-refractivity contribution < 1.29 is 14.3 Å². The topological polar surface area (TPSA) is 85.7 Å². The molecular weight excluding hydrogens is 372 g/mol. The molecule has 1 fully saturated rings. The summed E-state index contributed by atoms with van der Waals surface area (Å²) < 4.78 is 11.8. The van der Waals surface area contributed by atoms with Crippen LogP contribution >= 0.6 is 0 Å². The van der Waals surface area contributed by atoms with Gasteiger partial charge in [-0.1, -0.05) is 6.07 Å². The van der Waals surface area contributed by atoms with E-state index in [9.17, 15) is 9.59 Å². The Labute approximate surface area is 170 Å². The fourth-order valence-electron chi connectivity index (χ4n) is 3.42. The molecule has 2 heterocycles. The molecule has 1 aromatic carbocycles. The number of nitrogens with zero attached hydrogens (tertiary/aromatic N) is 3.